The van der Waals surface area contributed by atoms with Crippen LogP contribution in [0, 0.1) is 0 Å². The predicted molar refractivity (Wildman–Crippen MR) is 127 cm³/mol. The minimum absolute atomic E-state index is 0.0729. The molecule has 4 aromatic rings. The summed E-state index contributed by atoms with van der Waals surface area (Å²) in [6, 6.07) is 12.9. The van der Waals surface area contributed by atoms with Gasteiger partial charge in [-0.15, -0.1) is 11.3 Å². The van der Waals surface area contributed by atoms with E-state index in [2.05, 4.69) is 60.5 Å². The molecule has 1 aliphatic carbocycles. The van der Waals surface area contributed by atoms with Crippen molar-refractivity contribution >= 4 is 33.3 Å². The normalized spacial score (nSPS) is 14.0. The molecule has 158 valence electrons. The Morgan fingerprint density at radius 1 is 1.19 bits per heavy atom. The molecule has 0 saturated carbocycles. The van der Waals surface area contributed by atoms with Crippen molar-refractivity contribution in [3.63, 3.8) is 0 Å². The van der Waals surface area contributed by atoms with Crippen LogP contribution >= 0.6 is 11.3 Å². The fraction of sp³-hybridized carbons (Fsp3) is 0.308. The second-order valence-electron chi connectivity index (χ2n) is 8.43. The fourth-order valence-corrected chi connectivity index (χ4v) is 5.04. The summed E-state index contributed by atoms with van der Waals surface area (Å²) in [6.45, 7) is 4.44. The van der Waals surface area contributed by atoms with Gasteiger partial charge in [0.1, 0.15) is 5.58 Å². The quantitative estimate of drug-likeness (QED) is 0.368. The Balaban J connectivity index is 1.27. The zero-order valence-corrected chi connectivity index (χ0v) is 18.7. The lowest BCUT2D eigenvalue weighted by atomic mass is 9.97. The van der Waals surface area contributed by atoms with E-state index >= 15 is 0 Å². The number of carbonyl (C=O) groups is 1. The standard InChI is InChI=1S/C26H26N2O2S/c1-3-16(2)17-7-9-18(10-8-17)23-15-31-26(27-23)28-25(29)13-21-14-30-24-12-20-6-4-5-19(20)11-22(21)24/h7-12,14-16H,3-6,13H2,1-2H3,(H,27,28,29)/t16-/m0/s1. The van der Waals surface area contributed by atoms with Gasteiger partial charge in [0.25, 0.3) is 0 Å². The zero-order chi connectivity index (χ0) is 21.4. The number of fused-ring (bicyclic) bond motifs is 2. The van der Waals surface area contributed by atoms with Crippen LogP contribution in [0.2, 0.25) is 0 Å². The van der Waals surface area contributed by atoms with Gasteiger partial charge in [0, 0.05) is 21.9 Å². The second-order valence-corrected chi connectivity index (χ2v) is 9.28. The Morgan fingerprint density at radius 2 is 1.97 bits per heavy atom. The number of furan rings is 1. The molecule has 0 aliphatic heterocycles. The molecule has 1 amide bonds. The average molecular weight is 431 g/mol. The number of benzene rings is 2. The van der Waals surface area contributed by atoms with E-state index in [-0.39, 0.29) is 12.3 Å². The lowest BCUT2D eigenvalue weighted by Crippen LogP contribution is -2.14. The molecule has 0 unspecified atom stereocenters. The first-order chi connectivity index (χ1) is 15.1. The van der Waals surface area contributed by atoms with E-state index in [4.69, 9.17) is 4.42 Å². The summed E-state index contributed by atoms with van der Waals surface area (Å²) >= 11 is 1.45. The van der Waals surface area contributed by atoms with Gasteiger partial charge in [-0.25, -0.2) is 4.98 Å². The highest BCUT2D eigenvalue weighted by atomic mass is 32.1. The zero-order valence-electron chi connectivity index (χ0n) is 17.9. The van der Waals surface area contributed by atoms with Crippen LogP contribution in [-0.2, 0) is 24.1 Å². The van der Waals surface area contributed by atoms with Gasteiger partial charge in [-0.2, -0.15) is 0 Å². The molecule has 1 aliphatic rings. The van der Waals surface area contributed by atoms with Crippen molar-refractivity contribution < 1.29 is 9.21 Å². The molecule has 4 nitrogen and oxygen atoms in total. The first kappa shape index (κ1) is 20.0. The molecule has 5 heteroatoms. The summed E-state index contributed by atoms with van der Waals surface area (Å²) in [5.41, 5.74) is 7.87. The summed E-state index contributed by atoms with van der Waals surface area (Å²) in [4.78, 5) is 17.3. The fourth-order valence-electron chi connectivity index (χ4n) is 4.30. The van der Waals surface area contributed by atoms with Crippen molar-refractivity contribution in [2.75, 3.05) is 5.32 Å². The largest absolute Gasteiger partial charge is 0.464 e. The number of nitrogens with one attached hydrogen (secondary N) is 1. The van der Waals surface area contributed by atoms with Gasteiger partial charge in [0.2, 0.25) is 5.91 Å². The van der Waals surface area contributed by atoms with E-state index in [1.807, 2.05) is 5.38 Å². The Morgan fingerprint density at radius 3 is 2.74 bits per heavy atom. The number of hydrogen-bond donors (Lipinski definition) is 1. The number of carbonyl (C=O) groups excluding carboxylic acids is 1. The van der Waals surface area contributed by atoms with Gasteiger partial charge >= 0.3 is 0 Å². The minimum Gasteiger partial charge on any atom is -0.464 e. The van der Waals surface area contributed by atoms with Crippen LogP contribution in [0.5, 0.6) is 0 Å². The first-order valence-electron chi connectivity index (χ1n) is 11.0. The van der Waals surface area contributed by atoms with E-state index in [0.717, 1.165) is 47.1 Å². The number of amides is 1. The monoisotopic (exact) mass is 430 g/mol. The molecule has 2 aromatic carbocycles. The summed E-state index contributed by atoms with van der Waals surface area (Å²) in [7, 11) is 0. The smallest absolute Gasteiger partial charge is 0.230 e. The van der Waals surface area contributed by atoms with Gasteiger partial charge in [-0.05, 0) is 60.4 Å². The number of aryl methyl sites for hydroxylation is 2. The number of hydrogen-bond acceptors (Lipinski definition) is 4. The number of thiazole rings is 1. The topological polar surface area (TPSA) is 55.1 Å². The van der Waals surface area contributed by atoms with Gasteiger partial charge in [-0.1, -0.05) is 38.1 Å². The second kappa shape index (κ2) is 8.31. The SMILES string of the molecule is CC[C@H](C)c1ccc(-c2csc(NC(=O)Cc3coc4cc5c(cc34)CCC5)n2)cc1. The molecule has 1 N–H and O–H groups in total. The molecule has 2 aromatic heterocycles. The van der Waals surface area contributed by atoms with Crippen LogP contribution < -0.4 is 5.32 Å². The maximum atomic E-state index is 12.7. The molecular formula is C26H26N2O2S. The number of aromatic nitrogens is 1. The molecule has 2 heterocycles. The molecule has 0 spiro atoms. The van der Waals surface area contributed by atoms with Gasteiger partial charge in [-0.3, -0.25) is 4.79 Å². The van der Waals surface area contributed by atoms with E-state index in [0.29, 0.717) is 11.0 Å². The van der Waals surface area contributed by atoms with Crippen molar-refractivity contribution in [2.45, 2.75) is 51.9 Å². The molecule has 5 rings (SSSR count). The Bertz CT molecular complexity index is 1240. The molecule has 0 bridgehead atoms. The van der Waals surface area contributed by atoms with Crippen molar-refractivity contribution in [3.8, 4) is 11.3 Å². The Hall–Kier alpha value is -2.92. The van der Waals surface area contributed by atoms with E-state index in [1.54, 1.807) is 6.26 Å². The number of rotatable bonds is 6. The van der Waals surface area contributed by atoms with Gasteiger partial charge in [0.05, 0.1) is 18.4 Å². The molecular weight excluding hydrogens is 404 g/mol. The van der Waals surface area contributed by atoms with E-state index in [1.165, 1.54) is 34.4 Å². The van der Waals surface area contributed by atoms with Gasteiger partial charge < -0.3 is 9.73 Å². The van der Waals surface area contributed by atoms with E-state index in [9.17, 15) is 4.79 Å². The van der Waals surface area contributed by atoms with E-state index < -0.39 is 0 Å². The Labute approximate surface area is 186 Å². The minimum atomic E-state index is -0.0729. The first-order valence-corrected chi connectivity index (χ1v) is 11.9. The highest BCUT2D eigenvalue weighted by Crippen LogP contribution is 2.31. The number of nitrogens with zero attached hydrogens (tertiary/aromatic N) is 1. The van der Waals surface area contributed by atoms with Crippen molar-refractivity contribution in [1.29, 1.82) is 0 Å². The van der Waals surface area contributed by atoms with Crippen LogP contribution in [0.4, 0.5) is 5.13 Å². The Kier molecular flexibility index (Phi) is 5.36. The maximum Gasteiger partial charge on any atom is 0.230 e. The third-order valence-corrected chi connectivity index (χ3v) is 7.12. The summed E-state index contributed by atoms with van der Waals surface area (Å²) in [5.74, 6) is 0.482. The van der Waals surface area contributed by atoms with Gasteiger partial charge in [0.15, 0.2) is 5.13 Å². The molecule has 0 fully saturated rings. The predicted octanol–water partition coefficient (Wildman–Crippen LogP) is 6.74. The van der Waals surface area contributed by atoms with Crippen molar-refractivity contribution in [2.24, 2.45) is 0 Å². The third kappa shape index (κ3) is 4.02. The van der Waals surface area contributed by atoms with Crippen LogP contribution in [0.15, 0.2) is 52.5 Å². The van der Waals surface area contributed by atoms with Crippen LogP contribution in [0.1, 0.15) is 54.9 Å². The summed E-state index contributed by atoms with van der Waals surface area (Å²) in [6.07, 6.45) is 6.55. The number of anilines is 1. The van der Waals surface area contributed by atoms with Crippen molar-refractivity contribution in [1.82, 2.24) is 4.98 Å². The lowest BCUT2D eigenvalue weighted by Gasteiger charge is -2.08. The molecule has 0 radical (unpaired) electrons. The highest BCUT2D eigenvalue weighted by Gasteiger charge is 2.17. The van der Waals surface area contributed by atoms with Crippen LogP contribution in [0.3, 0.4) is 0 Å². The average Bonchev–Trinajstić information content (AvgIpc) is 3.52. The molecule has 1 atom stereocenters. The summed E-state index contributed by atoms with van der Waals surface area (Å²) < 4.78 is 5.73. The maximum absolute atomic E-state index is 12.7. The highest BCUT2D eigenvalue weighted by molar-refractivity contribution is 7.14. The lowest BCUT2D eigenvalue weighted by molar-refractivity contribution is -0.115. The third-order valence-electron chi connectivity index (χ3n) is 6.36. The molecule has 0 saturated heterocycles. The summed E-state index contributed by atoms with van der Waals surface area (Å²) in [5, 5.41) is 6.62. The van der Waals surface area contributed by atoms with Crippen molar-refractivity contribution in [3.05, 3.63) is 70.3 Å². The molecule has 31 heavy (non-hydrogen) atoms. The van der Waals surface area contributed by atoms with Crippen LogP contribution in [-0.4, -0.2) is 10.9 Å². The van der Waals surface area contributed by atoms with Crippen LogP contribution in [0.25, 0.3) is 22.2 Å².